The Bertz CT molecular complexity index is 237. The lowest BCUT2D eigenvalue weighted by atomic mass is 10.0. The van der Waals surface area contributed by atoms with Crippen molar-refractivity contribution in [3.8, 4) is 0 Å². The van der Waals surface area contributed by atoms with Crippen molar-refractivity contribution in [3.63, 3.8) is 0 Å². The van der Waals surface area contributed by atoms with Crippen LogP contribution in [0.25, 0.3) is 0 Å². The fraction of sp³-hybridized carbons (Fsp3) is 1.00. The molecule has 0 amide bonds. The van der Waals surface area contributed by atoms with Crippen molar-refractivity contribution in [1.29, 1.82) is 0 Å². The summed E-state index contributed by atoms with van der Waals surface area (Å²) < 4.78 is 40.1. The minimum atomic E-state index is -4.20. The Morgan fingerprint density at radius 2 is 1.94 bits per heavy atom. The van der Waals surface area contributed by atoms with E-state index in [0.29, 0.717) is 11.3 Å². The lowest BCUT2D eigenvalue weighted by Gasteiger charge is -2.17. The number of nitrogens with one attached hydrogen (secondary N) is 1. The summed E-state index contributed by atoms with van der Waals surface area (Å²) in [5, 5.41) is 3.43. The van der Waals surface area contributed by atoms with Gasteiger partial charge >= 0.3 is 6.18 Å². The van der Waals surface area contributed by atoms with Crippen LogP contribution in [0.5, 0.6) is 0 Å². The molecule has 108 valence electrons. The third-order valence-corrected chi connectivity index (χ3v) is 3.27. The lowest BCUT2D eigenvalue weighted by Crippen LogP contribution is -2.27. The number of hydrogen-bond donors (Lipinski definition) is 1. The fourth-order valence-electron chi connectivity index (χ4n) is 2.06. The Morgan fingerprint density at radius 1 is 1.28 bits per heavy atom. The van der Waals surface area contributed by atoms with Crippen LogP contribution in [0.3, 0.4) is 0 Å². The second-order valence-electron chi connectivity index (χ2n) is 5.80. The molecule has 1 fully saturated rings. The average Bonchev–Trinajstić information content (AvgIpc) is 2.95. The van der Waals surface area contributed by atoms with Crippen LogP contribution in [0.15, 0.2) is 0 Å². The highest BCUT2D eigenvalue weighted by molar-refractivity contribution is 4.94. The van der Waals surface area contributed by atoms with E-state index in [1.807, 2.05) is 0 Å². The van der Waals surface area contributed by atoms with Gasteiger partial charge in [0.2, 0.25) is 0 Å². The van der Waals surface area contributed by atoms with Gasteiger partial charge in [-0.15, -0.1) is 0 Å². The van der Waals surface area contributed by atoms with Crippen LogP contribution >= 0.6 is 0 Å². The van der Waals surface area contributed by atoms with Gasteiger partial charge in [-0.1, -0.05) is 13.8 Å². The van der Waals surface area contributed by atoms with Gasteiger partial charge in [0.1, 0.15) is 6.61 Å². The molecule has 1 rings (SSSR count). The Hall–Kier alpha value is -0.290. The Morgan fingerprint density at radius 3 is 2.44 bits per heavy atom. The monoisotopic (exact) mass is 267 g/mol. The number of alkyl halides is 3. The Balaban J connectivity index is 2.01. The minimum absolute atomic E-state index is 0.214. The minimum Gasteiger partial charge on any atom is -0.372 e. The van der Waals surface area contributed by atoms with Crippen molar-refractivity contribution >= 4 is 0 Å². The Labute approximate surface area is 107 Å². The van der Waals surface area contributed by atoms with E-state index in [-0.39, 0.29) is 6.61 Å². The van der Waals surface area contributed by atoms with Crippen LogP contribution in [0.1, 0.15) is 39.5 Å². The highest BCUT2D eigenvalue weighted by atomic mass is 19.4. The number of ether oxygens (including phenoxy) is 1. The van der Waals surface area contributed by atoms with Crippen molar-refractivity contribution in [1.82, 2.24) is 5.32 Å². The molecule has 0 aliphatic heterocycles. The first kappa shape index (κ1) is 15.8. The summed E-state index contributed by atoms with van der Waals surface area (Å²) in [5.41, 5.74) is 0.344. The van der Waals surface area contributed by atoms with Gasteiger partial charge in [-0.3, -0.25) is 0 Å². The smallest absolute Gasteiger partial charge is 0.372 e. The van der Waals surface area contributed by atoms with Crippen molar-refractivity contribution in [2.75, 3.05) is 26.3 Å². The summed E-state index contributed by atoms with van der Waals surface area (Å²) in [7, 11) is 0. The van der Waals surface area contributed by atoms with E-state index in [1.54, 1.807) is 0 Å². The molecule has 0 unspecified atom stereocenters. The normalized spacial score (nSPS) is 18.3. The molecule has 0 saturated heterocycles. The second-order valence-corrected chi connectivity index (χ2v) is 5.80. The molecule has 5 heteroatoms. The van der Waals surface area contributed by atoms with E-state index in [0.717, 1.165) is 25.9 Å². The molecule has 0 aromatic rings. The molecule has 0 atom stereocenters. The third-order valence-electron chi connectivity index (χ3n) is 3.27. The van der Waals surface area contributed by atoms with Crippen molar-refractivity contribution in [2.24, 2.45) is 11.3 Å². The maximum atomic E-state index is 11.8. The predicted octanol–water partition coefficient (Wildman–Crippen LogP) is 3.37. The van der Waals surface area contributed by atoms with Crippen molar-refractivity contribution in [3.05, 3.63) is 0 Å². The molecule has 0 aromatic carbocycles. The summed E-state index contributed by atoms with van der Waals surface area (Å²) in [6.07, 6.45) is -0.125. The van der Waals surface area contributed by atoms with E-state index in [2.05, 4.69) is 23.9 Å². The Kier molecular flexibility index (Phi) is 5.92. The van der Waals surface area contributed by atoms with Crippen molar-refractivity contribution < 1.29 is 17.9 Å². The van der Waals surface area contributed by atoms with Gasteiger partial charge in [0.15, 0.2) is 0 Å². The highest BCUT2D eigenvalue weighted by Crippen LogP contribution is 2.49. The van der Waals surface area contributed by atoms with E-state index >= 15 is 0 Å². The predicted molar refractivity (Wildman–Crippen MR) is 65.5 cm³/mol. The first-order chi connectivity index (χ1) is 8.33. The summed E-state index contributed by atoms with van der Waals surface area (Å²) in [5.74, 6) is 0.635. The van der Waals surface area contributed by atoms with Crippen LogP contribution in [0.2, 0.25) is 0 Å². The van der Waals surface area contributed by atoms with Gasteiger partial charge < -0.3 is 10.1 Å². The maximum Gasteiger partial charge on any atom is 0.411 e. The van der Waals surface area contributed by atoms with E-state index in [9.17, 15) is 13.2 Å². The van der Waals surface area contributed by atoms with Gasteiger partial charge in [-0.05, 0) is 43.6 Å². The molecule has 1 aliphatic carbocycles. The highest BCUT2D eigenvalue weighted by Gasteiger charge is 2.41. The zero-order valence-electron chi connectivity index (χ0n) is 11.3. The zero-order valence-corrected chi connectivity index (χ0v) is 11.3. The van der Waals surface area contributed by atoms with E-state index in [1.165, 1.54) is 12.8 Å². The molecular formula is C13H24F3NO. The molecule has 0 bridgehead atoms. The number of hydrogen-bond acceptors (Lipinski definition) is 2. The van der Waals surface area contributed by atoms with Gasteiger partial charge in [0, 0.05) is 13.2 Å². The van der Waals surface area contributed by atoms with Crippen LogP contribution in [0.4, 0.5) is 13.2 Å². The maximum absolute atomic E-state index is 11.8. The van der Waals surface area contributed by atoms with Crippen molar-refractivity contribution in [2.45, 2.75) is 45.7 Å². The molecule has 18 heavy (non-hydrogen) atoms. The second kappa shape index (κ2) is 6.75. The quantitative estimate of drug-likeness (QED) is 0.647. The van der Waals surface area contributed by atoms with E-state index < -0.39 is 12.8 Å². The standard InChI is InChI=1S/C13H24F3NO/c1-11(2)8-17-9-12(5-6-12)4-3-7-18-10-13(14,15)16/h11,17H,3-10H2,1-2H3. The first-order valence-corrected chi connectivity index (χ1v) is 6.68. The SMILES string of the molecule is CC(C)CNCC1(CCCOCC(F)(F)F)CC1. The van der Waals surface area contributed by atoms with Crippen LogP contribution < -0.4 is 5.32 Å². The van der Waals surface area contributed by atoms with Gasteiger partial charge in [0.25, 0.3) is 0 Å². The number of rotatable bonds is 9. The average molecular weight is 267 g/mol. The largest absolute Gasteiger partial charge is 0.411 e. The molecule has 1 aliphatic rings. The molecular weight excluding hydrogens is 243 g/mol. The van der Waals surface area contributed by atoms with Gasteiger partial charge in [-0.25, -0.2) is 0 Å². The molecule has 0 spiro atoms. The topological polar surface area (TPSA) is 21.3 Å². The molecule has 0 heterocycles. The summed E-state index contributed by atoms with van der Waals surface area (Å²) in [6.45, 7) is 5.42. The van der Waals surface area contributed by atoms with E-state index in [4.69, 9.17) is 0 Å². The number of halogens is 3. The van der Waals surface area contributed by atoms with Crippen LogP contribution in [-0.4, -0.2) is 32.5 Å². The third kappa shape index (κ3) is 7.21. The van der Waals surface area contributed by atoms with Gasteiger partial charge in [0.05, 0.1) is 0 Å². The molecule has 0 radical (unpaired) electrons. The van der Waals surface area contributed by atoms with Gasteiger partial charge in [-0.2, -0.15) is 13.2 Å². The molecule has 2 nitrogen and oxygen atoms in total. The lowest BCUT2D eigenvalue weighted by molar-refractivity contribution is -0.174. The summed E-state index contributed by atoms with van der Waals surface area (Å²) in [4.78, 5) is 0. The first-order valence-electron chi connectivity index (χ1n) is 6.68. The van der Waals surface area contributed by atoms with Crippen LogP contribution in [-0.2, 0) is 4.74 Å². The zero-order chi connectivity index (χ0) is 13.6. The van der Waals surface area contributed by atoms with Crippen LogP contribution in [0, 0.1) is 11.3 Å². The summed E-state index contributed by atoms with van der Waals surface area (Å²) >= 11 is 0. The molecule has 0 aromatic heterocycles. The fourth-order valence-corrected chi connectivity index (χ4v) is 2.06. The molecule has 1 saturated carbocycles. The summed E-state index contributed by atoms with van der Waals surface area (Å²) in [6, 6.07) is 0. The molecule has 1 N–H and O–H groups in total.